The highest BCUT2D eigenvalue weighted by Gasteiger charge is 2.73. The van der Waals surface area contributed by atoms with Gasteiger partial charge in [-0.05, 0) is 80.8 Å². The normalized spacial score (nSPS) is 53.8. The minimum absolute atomic E-state index is 0.00566. The van der Waals surface area contributed by atoms with E-state index >= 15 is 0 Å². The van der Waals surface area contributed by atoms with E-state index in [0.29, 0.717) is 44.4 Å². The van der Waals surface area contributed by atoms with E-state index in [1.807, 2.05) is 0 Å². The van der Waals surface area contributed by atoms with Crippen LogP contribution in [0.3, 0.4) is 0 Å². The summed E-state index contributed by atoms with van der Waals surface area (Å²) in [6.07, 6.45) is 6.17. The van der Waals surface area contributed by atoms with E-state index < -0.39 is 17.5 Å². The van der Waals surface area contributed by atoms with Gasteiger partial charge < -0.3 is 48.7 Å². The molecule has 0 aliphatic carbocycles. The number of fused-ring (bicyclic) bond motifs is 6. The van der Waals surface area contributed by atoms with Crippen molar-refractivity contribution in [1.82, 2.24) is 0 Å². The molecule has 0 saturated carbocycles. The van der Waals surface area contributed by atoms with Crippen LogP contribution in [0.15, 0.2) is 24.3 Å². The molecular weight excluding hydrogens is 666 g/mol. The number of ether oxygens (including phenoxy) is 8. The van der Waals surface area contributed by atoms with Gasteiger partial charge in [-0.1, -0.05) is 27.0 Å². The molecule has 0 amide bonds. The minimum atomic E-state index is -0.803. The summed E-state index contributed by atoms with van der Waals surface area (Å²) < 4.78 is 54.5. The fourth-order valence-electron chi connectivity index (χ4n) is 11.7. The SMILES string of the molecule is C=C1C[C@@H]2CC[C@@]34C[C@@]5(C)O[C@H]6[C@@H](O3)[C@H]3OC(CC[C@@H]3O[C@H]6C5O4)CC(=O)C[C@H]3C(C[C@H]4OC(CC[C@@H]1O2)C[C@@H](C)C4=C)O[C@H](C[C@H](O)CN)[C@@H]3C. The first-order chi connectivity index (χ1) is 24.9. The second kappa shape index (κ2) is 13.7. The van der Waals surface area contributed by atoms with Gasteiger partial charge in [0.15, 0.2) is 5.79 Å². The van der Waals surface area contributed by atoms with Gasteiger partial charge in [0.2, 0.25) is 0 Å². The molecule has 3 N–H and O–H groups in total. The van der Waals surface area contributed by atoms with Crippen LogP contribution in [0.4, 0.5) is 0 Å². The largest absolute Gasteiger partial charge is 0.392 e. The zero-order valence-corrected chi connectivity index (χ0v) is 31.3. The fourth-order valence-corrected chi connectivity index (χ4v) is 11.7. The van der Waals surface area contributed by atoms with Crippen molar-refractivity contribution in [1.29, 1.82) is 0 Å². The van der Waals surface area contributed by atoms with E-state index in [0.717, 1.165) is 56.1 Å². The zero-order valence-electron chi connectivity index (χ0n) is 31.3. The smallest absolute Gasteiger partial charge is 0.172 e. The van der Waals surface area contributed by atoms with Gasteiger partial charge in [0, 0.05) is 45.1 Å². The molecule has 1 spiro atoms. The maximum Gasteiger partial charge on any atom is 0.172 e. The van der Waals surface area contributed by atoms with Gasteiger partial charge in [-0.25, -0.2) is 0 Å². The molecule has 10 saturated heterocycles. The zero-order chi connectivity index (χ0) is 36.1. The van der Waals surface area contributed by atoms with Crippen LogP contribution in [-0.4, -0.2) is 114 Å². The van der Waals surface area contributed by atoms with Crippen LogP contribution in [0.25, 0.3) is 0 Å². The first-order valence-corrected chi connectivity index (χ1v) is 20.5. The lowest BCUT2D eigenvalue weighted by Crippen LogP contribution is -2.61. The molecule has 12 bridgehead atoms. The van der Waals surface area contributed by atoms with Crippen LogP contribution in [0.5, 0.6) is 0 Å². The Labute approximate surface area is 308 Å². The topological polar surface area (TPSA) is 137 Å². The highest BCUT2D eigenvalue weighted by atomic mass is 16.8. The number of aliphatic hydroxyl groups is 1. The summed E-state index contributed by atoms with van der Waals surface area (Å²) in [6, 6.07) is 0. The van der Waals surface area contributed by atoms with Crippen LogP contribution >= 0.6 is 0 Å². The van der Waals surface area contributed by atoms with Crippen LogP contribution in [0.2, 0.25) is 0 Å². The van der Waals surface area contributed by atoms with E-state index in [-0.39, 0.29) is 104 Å². The summed E-state index contributed by atoms with van der Waals surface area (Å²) >= 11 is 0. The second-order valence-corrected chi connectivity index (χ2v) is 18.3. The third-order valence-corrected chi connectivity index (χ3v) is 14.6. The second-order valence-electron chi connectivity index (χ2n) is 18.3. The number of carbonyl (C=O) groups is 1. The van der Waals surface area contributed by atoms with E-state index in [9.17, 15) is 9.90 Å². The summed E-state index contributed by atoms with van der Waals surface area (Å²) in [6.45, 7) is 15.6. The molecule has 290 valence electrons. The van der Waals surface area contributed by atoms with Crippen LogP contribution < -0.4 is 5.73 Å². The van der Waals surface area contributed by atoms with Gasteiger partial charge in [-0.15, -0.1) is 0 Å². The van der Waals surface area contributed by atoms with Crippen molar-refractivity contribution in [3.63, 3.8) is 0 Å². The molecule has 11 heteroatoms. The van der Waals surface area contributed by atoms with Gasteiger partial charge in [0.25, 0.3) is 0 Å². The van der Waals surface area contributed by atoms with Crippen molar-refractivity contribution in [3.05, 3.63) is 24.3 Å². The third-order valence-electron chi connectivity index (χ3n) is 14.6. The molecular formula is C41H61NO10. The first-order valence-electron chi connectivity index (χ1n) is 20.5. The van der Waals surface area contributed by atoms with Crippen molar-refractivity contribution >= 4 is 5.78 Å². The Morgan fingerprint density at radius 2 is 1.58 bits per heavy atom. The van der Waals surface area contributed by atoms with E-state index in [1.165, 1.54) is 0 Å². The summed E-state index contributed by atoms with van der Waals surface area (Å²) in [5, 5.41) is 10.5. The minimum Gasteiger partial charge on any atom is -0.392 e. The Bertz CT molecular complexity index is 1410. The number of hydrogen-bond acceptors (Lipinski definition) is 11. The van der Waals surface area contributed by atoms with Gasteiger partial charge >= 0.3 is 0 Å². The Morgan fingerprint density at radius 3 is 2.40 bits per heavy atom. The van der Waals surface area contributed by atoms with Gasteiger partial charge in [-0.2, -0.15) is 0 Å². The molecule has 10 fully saturated rings. The molecule has 10 rings (SSSR count). The Kier molecular flexibility index (Phi) is 9.62. The van der Waals surface area contributed by atoms with E-state index in [4.69, 9.17) is 43.6 Å². The lowest BCUT2D eigenvalue weighted by Gasteiger charge is -2.47. The Balaban J connectivity index is 0.994. The fraction of sp³-hybridized carbons (Fsp3) is 0.878. The van der Waals surface area contributed by atoms with E-state index in [1.54, 1.807) is 0 Å². The van der Waals surface area contributed by atoms with Gasteiger partial charge in [0.1, 0.15) is 41.9 Å². The summed E-state index contributed by atoms with van der Waals surface area (Å²) in [4.78, 5) is 14.0. The molecule has 19 atom stereocenters. The molecule has 0 aromatic carbocycles. The molecule has 10 heterocycles. The molecule has 10 aliphatic rings. The highest BCUT2D eigenvalue weighted by Crippen LogP contribution is 2.58. The lowest BCUT2D eigenvalue weighted by molar-refractivity contribution is -0.294. The first kappa shape index (κ1) is 36.4. The van der Waals surface area contributed by atoms with Gasteiger partial charge in [-0.3, -0.25) is 4.79 Å². The van der Waals surface area contributed by atoms with Crippen molar-refractivity contribution in [2.45, 2.75) is 201 Å². The maximum atomic E-state index is 14.0. The molecule has 0 aromatic heterocycles. The van der Waals surface area contributed by atoms with Crippen LogP contribution in [-0.2, 0) is 42.7 Å². The monoisotopic (exact) mass is 727 g/mol. The Morgan fingerprint density at radius 1 is 0.808 bits per heavy atom. The number of aliphatic hydroxyl groups excluding tert-OH is 1. The number of rotatable bonds is 3. The van der Waals surface area contributed by atoms with E-state index in [2.05, 4.69) is 33.9 Å². The lowest BCUT2D eigenvalue weighted by atomic mass is 9.78. The standard InChI is InChI=1S/C41H61NO10/c1-20-12-26-6-8-30-21(2)13-28(45-30)10-11-41-19-40(5)39(52-41)38-37(50-40)36(51-41)35-31(49-38)9-7-27(47-35)14-24(43)15-29-23(4)32(16-25(44)18-42)48-34(29)17-33(46-26)22(20)3/h20,23,25-39,44H,2-3,6-19,42H2,1,4-5H3/t20-,23-,25+,26?,27?,28+,29-,30+,31+,32-,33-,34?,35+,36+,37+,38-,39?,40-,41-/m1/s1. The average molecular weight is 728 g/mol. The average Bonchev–Trinajstić information content (AvgIpc) is 3.73. The molecule has 4 unspecified atom stereocenters. The van der Waals surface area contributed by atoms with Crippen molar-refractivity contribution < 1.29 is 47.8 Å². The summed E-state index contributed by atoms with van der Waals surface area (Å²) in [5.74, 6) is -0.272. The number of ketones is 1. The third kappa shape index (κ3) is 6.40. The number of nitrogens with two attached hydrogens (primary N) is 1. The highest BCUT2D eigenvalue weighted by molar-refractivity contribution is 5.79. The van der Waals surface area contributed by atoms with Crippen molar-refractivity contribution in [2.24, 2.45) is 23.5 Å². The molecule has 52 heavy (non-hydrogen) atoms. The van der Waals surface area contributed by atoms with Crippen LogP contribution in [0.1, 0.15) is 104 Å². The van der Waals surface area contributed by atoms with Gasteiger partial charge in [0.05, 0.1) is 54.9 Å². The predicted octanol–water partition coefficient (Wildman–Crippen LogP) is 4.45. The summed E-state index contributed by atoms with van der Waals surface area (Å²) in [7, 11) is 0. The van der Waals surface area contributed by atoms with Crippen molar-refractivity contribution in [2.75, 3.05) is 6.54 Å². The molecule has 0 radical (unpaired) electrons. The molecule has 11 nitrogen and oxygen atoms in total. The number of carbonyl (C=O) groups excluding carboxylic acids is 1. The quantitative estimate of drug-likeness (QED) is 0.399. The Hall–Kier alpha value is -1.25. The number of hydrogen-bond donors (Lipinski definition) is 2. The number of Topliss-reactive ketones (excluding diaryl/α,β-unsaturated/α-hetero) is 1. The molecule has 0 aromatic rings. The van der Waals surface area contributed by atoms with Crippen LogP contribution in [0, 0.1) is 17.8 Å². The summed E-state index contributed by atoms with van der Waals surface area (Å²) in [5.41, 5.74) is 7.57. The molecule has 10 aliphatic heterocycles. The van der Waals surface area contributed by atoms with Crippen molar-refractivity contribution in [3.8, 4) is 0 Å². The predicted molar refractivity (Wildman–Crippen MR) is 189 cm³/mol. The maximum absolute atomic E-state index is 14.0.